The zero-order valence-electron chi connectivity index (χ0n) is 15.1. The molecule has 0 radical (unpaired) electrons. The summed E-state index contributed by atoms with van der Waals surface area (Å²) in [5.41, 5.74) is 0.881. The van der Waals surface area contributed by atoms with E-state index in [1.54, 1.807) is 11.9 Å². The second kappa shape index (κ2) is 9.06. The second-order valence-electron chi connectivity index (χ2n) is 6.04. The molecule has 1 amide bonds. The predicted octanol–water partition coefficient (Wildman–Crippen LogP) is 4.92. The third-order valence-electron chi connectivity index (χ3n) is 3.99. The third-order valence-corrected chi connectivity index (χ3v) is 5.60. The summed E-state index contributed by atoms with van der Waals surface area (Å²) in [6.07, 6.45) is 0.718. The molecule has 0 spiro atoms. The lowest BCUT2D eigenvalue weighted by Gasteiger charge is -2.21. The van der Waals surface area contributed by atoms with Gasteiger partial charge >= 0.3 is 0 Å². The zero-order valence-corrected chi connectivity index (χ0v) is 16.7. The summed E-state index contributed by atoms with van der Waals surface area (Å²) < 4.78 is 5.31. The Morgan fingerprint density at radius 3 is 2.56 bits per heavy atom. The molecule has 3 aromatic rings. The SMILES string of the molecule is CC[C@H](Sc1ccc(Cl)cc1)C(=O)N(C)Cc1nc(-c2ccccc2)no1. The summed E-state index contributed by atoms with van der Waals surface area (Å²) in [5, 5.41) is 4.49. The number of aromatic nitrogens is 2. The summed E-state index contributed by atoms with van der Waals surface area (Å²) in [4.78, 5) is 19.8. The Balaban J connectivity index is 1.64. The number of hydrogen-bond donors (Lipinski definition) is 0. The van der Waals surface area contributed by atoms with Crippen LogP contribution in [0.3, 0.4) is 0 Å². The summed E-state index contributed by atoms with van der Waals surface area (Å²) in [6, 6.07) is 17.1. The molecule has 0 aliphatic heterocycles. The van der Waals surface area contributed by atoms with Crippen LogP contribution in [0.15, 0.2) is 64.0 Å². The molecule has 2 aromatic carbocycles. The lowest BCUT2D eigenvalue weighted by molar-refractivity contribution is -0.130. The fourth-order valence-corrected chi connectivity index (χ4v) is 3.73. The maximum Gasteiger partial charge on any atom is 0.246 e. The zero-order chi connectivity index (χ0) is 19.2. The Kier molecular flexibility index (Phi) is 6.53. The molecule has 3 rings (SSSR count). The molecule has 1 heterocycles. The van der Waals surface area contributed by atoms with Crippen LogP contribution < -0.4 is 0 Å². The van der Waals surface area contributed by atoms with Crippen molar-refractivity contribution in [3.05, 3.63) is 65.5 Å². The molecule has 0 N–H and O–H groups in total. The highest BCUT2D eigenvalue weighted by atomic mass is 35.5. The van der Waals surface area contributed by atoms with E-state index >= 15 is 0 Å². The van der Waals surface area contributed by atoms with Crippen LogP contribution in [-0.4, -0.2) is 33.2 Å². The quantitative estimate of drug-likeness (QED) is 0.526. The summed E-state index contributed by atoms with van der Waals surface area (Å²) in [5.74, 6) is 0.960. The highest BCUT2D eigenvalue weighted by Crippen LogP contribution is 2.28. The van der Waals surface area contributed by atoms with Gasteiger partial charge in [-0.3, -0.25) is 4.79 Å². The van der Waals surface area contributed by atoms with Crippen molar-refractivity contribution >= 4 is 29.3 Å². The second-order valence-corrected chi connectivity index (χ2v) is 7.75. The first kappa shape index (κ1) is 19.5. The van der Waals surface area contributed by atoms with Gasteiger partial charge in [0.2, 0.25) is 17.6 Å². The van der Waals surface area contributed by atoms with Gasteiger partial charge in [-0.15, -0.1) is 11.8 Å². The predicted molar refractivity (Wildman–Crippen MR) is 108 cm³/mol. The Morgan fingerprint density at radius 1 is 1.19 bits per heavy atom. The molecule has 0 bridgehead atoms. The molecule has 0 saturated carbocycles. The average molecular weight is 402 g/mol. The number of thioether (sulfide) groups is 1. The molecule has 0 fully saturated rings. The first-order valence-electron chi connectivity index (χ1n) is 8.62. The molecule has 5 nitrogen and oxygen atoms in total. The van der Waals surface area contributed by atoms with Gasteiger partial charge in [0.15, 0.2) is 0 Å². The Labute approximate surface area is 167 Å². The monoisotopic (exact) mass is 401 g/mol. The van der Waals surface area contributed by atoms with Crippen LogP contribution in [-0.2, 0) is 11.3 Å². The fraction of sp³-hybridized carbons (Fsp3) is 0.250. The normalized spacial score (nSPS) is 12.0. The van der Waals surface area contributed by atoms with Gasteiger partial charge in [-0.05, 0) is 30.7 Å². The van der Waals surface area contributed by atoms with Crippen molar-refractivity contribution in [1.82, 2.24) is 15.0 Å². The minimum atomic E-state index is -0.187. The van der Waals surface area contributed by atoms with Crippen LogP contribution in [0, 0.1) is 0 Å². The highest BCUT2D eigenvalue weighted by Gasteiger charge is 2.23. The van der Waals surface area contributed by atoms with Gasteiger partial charge in [0.05, 0.1) is 11.8 Å². The number of hydrogen-bond acceptors (Lipinski definition) is 5. The van der Waals surface area contributed by atoms with E-state index in [0.29, 0.717) is 16.7 Å². The molecule has 0 aliphatic rings. The van der Waals surface area contributed by atoms with E-state index in [-0.39, 0.29) is 17.7 Å². The van der Waals surface area contributed by atoms with Gasteiger partial charge in [-0.25, -0.2) is 0 Å². The smallest absolute Gasteiger partial charge is 0.246 e. The number of carbonyl (C=O) groups is 1. The highest BCUT2D eigenvalue weighted by molar-refractivity contribution is 8.00. The van der Waals surface area contributed by atoms with Crippen molar-refractivity contribution in [3.63, 3.8) is 0 Å². The van der Waals surface area contributed by atoms with Crippen molar-refractivity contribution in [2.24, 2.45) is 0 Å². The molecule has 1 aromatic heterocycles. The van der Waals surface area contributed by atoms with Crippen molar-refractivity contribution in [1.29, 1.82) is 0 Å². The molecule has 0 unspecified atom stereocenters. The van der Waals surface area contributed by atoms with Crippen molar-refractivity contribution < 1.29 is 9.32 Å². The minimum absolute atomic E-state index is 0.0249. The summed E-state index contributed by atoms with van der Waals surface area (Å²) >= 11 is 7.45. The van der Waals surface area contributed by atoms with E-state index in [4.69, 9.17) is 16.1 Å². The molecule has 27 heavy (non-hydrogen) atoms. The van der Waals surface area contributed by atoms with Gasteiger partial charge in [-0.1, -0.05) is 54.0 Å². The summed E-state index contributed by atoms with van der Waals surface area (Å²) in [6.45, 7) is 2.27. The van der Waals surface area contributed by atoms with Crippen LogP contribution >= 0.6 is 23.4 Å². The van der Waals surface area contributed by atoms with E-state index in [0.717, 1.165) is 16.9 Å². The number of amides is 1. The molecule has 140 valence electrons. The minimum Gasteiger partial charge on any atom is -0.337 e. The van der Waals surface area contributed by atoms with Crippen molar-refractivity contribution in [2.75, 3.05) is 7.05 Å². The maximum atomic E-state index is 12.8. The van der Waals surface area contributed by atoms with Crippen LogP contribution in [0.2, 0.25) is 5.02 Å². The van der Waals surface area contributed by atoms with E-state index in [2.05, 4.69) is 10.1 Å². The Morgan fingerprint density at radius 2 is 1.89 bits per heavy atom. The number of nitrogens with zero attached hydrogens (tertiary/aromatic N) is 3. The number of rotatable bonds is 7. The van der Waals surface area contributed by atoms with E-state index in [1.165, 1.54) is 11.8 Å². The lowest BCUT2D eigenvalue weighted by atomic mass is 10.2. The van der Waals surface area contributed by atoms with Gasteiger partial charge in [0, 0.05) is 22.5 Å². The first-order chi connectivity index (χ1) is 13.1. The van der Waals surface area contributed by atoms with E-state index in [1.807, 2.05) is 61.5 Å². The van der Waals surface area contributed by atoms with E-state index in [9.17, 15) is 4.79 Å². The van der Waals surface area contributed by atoms with Crippen LogP contribution in [0.25, 0.3) is 11.4 Å². The standard InChI is InChI=1S/C20H20ClN3O2S/c1-3-17(27-16-11-9-15(21)10-12-16)20(25)24(2)13-18-22-19(23-26-18)14-7-5-4-6-8-14/h4-12,17H,3,13H2,1-2H3/t17-/m0/s1. The number of benzene rings is 2. The average Bonchev–Trinajstić information content (AvgIpc) is 3.16. The topological polar surface area (TPSA) is 59.2 Å². The third kappa shape index (κ3) is 5.11. The molecular weight excluding hydrogens is 382 g/mol. The van der Waals surface area contributed by atoms with Gasteiger partial charge < -0.3 is 9.42 Å². The lowest BCUT2D eigenvalue weighted by Crippen LogP contribution is -2.34. The van der Waals surface area contributed by atoms with Gasteiger partial charge in [0.1, 0.15) is 0 Å². The first-order valence-corrected chi connectivity index (χ1v) is 9.87. The molecule has 0 saturated heterocycles. The number of halogens is 1. The maximum absolute atomic E-state index is 12.8. The number of carbonyl (C=O) groups excluding carboxylic acids is 1. The molecule has 0 aliphatic carbocycles. The van der Waals surface area contributed by atoms with Crippen molar-refractivity contribution in [3.8, 4) is 11.4 Å². The van der Waals surface area contributed by atoms with Crippen molar-refractivity contribution in [2.45, 2.75) is 30.0 Å². The van der Waals surface area contributed by atoms with Crippen LogP contribution in [0.4, 0.5) is 0 Å². The van der Waals surface area contributed by atoms with E-state index < -0.39 is 0 Å². The van der Waals surface area contributed by atoms with Gasteiger partial charge in [0.25, 0.3) is 0 Å². The summed E-state index contributed by atoms with van der Waals surface area (Å²) in [7, 11) is 1.75. The Hall–Kier alpha value is -2.31. The molecule has 1 atom stereocenters. The Bertz CT molecular complexity index is 884. The molecule has 7 heteroatoms. The van der Waals surface area contributed by atoms with Gasteiger partial charge in [-0.2, -0.15) is 4.98 Å². The molecular formula is C20H20ClN3O2S. The van der Waals surface area contributed by atoms with Crippen LogP contribution in [0.1, 0.15) is 19.2 Å². The largest absolute Gasteiger partial charge is 0.337 e. The van der Waals surface area contributed by atoms with Crippen LogP contribution in [0.5, 0.6) is 0 Å². The fourth-order valence-electron chi connectivity index (χ4n) is 2.54.